The first-order valence-corrected chi connectivity index (χ1v) is 7.93. The van der Waals surface area contributed by atoms with Gasteiger partial charge in [0.05, 0.1) is 0 Å². The van der Waals surface area contributed by atoms with Crippen molar-refractivity contribution in [2.75, 3.05) is 6.54 Å². The molecular formula is C16H23Cl2N. The molecule has 1 nitrogen and oxygen atoms in total. The average molecular weight is 300 g/mol. The van der Waals surface area contributed by atoms with Crippen LogP contribution < -0.4 is 5.73 Å². The zero-order valence-corrected chi connectivity index (χ0v) is 13.2. The molecule has 106 valence electrons. The van der Waals surface area contributed by atoms with Gasteiger partial charge in [-0.1, -0.05) is 37.0 Å². The summed E-state index contributed by atoms with van der Waals surface area (Å²) in [5.41, 5.74) is 7.15. The maximum absolute atomic E-state index is 6.38. The Hall–Kier alpha value is -0.240. The average Bonchev–Trinajstić information content (AvgIpc) is 2.40. The lowest BCUT2D eigenvalue weighted by molar-refractivity contribution is 0.197. The zero-order valence-electron chi connectivity index (χ0n) is 11.7. The van der Waals surface area contributed by atoms with Crippen molar-refractivity contribution >= 4 is 23.2 Å². The summed E-state index contributed by atoms with van der Waals surface area (Å²) in [6.45, 7) is 5.35. The van der Waals surface area contributed by atoms with Gasteiger partial charge < -0.3 is 5.73 Å². The van der Waals surface area contributed by atoms with Crippen LogP contribution in [0.2, 0.25) is 10.0 Å². The van der Waals surface area contributed by atoms with Crippen molar-refractivity contribution in [2.45, 2.75) is 39.0 Å². The Morgan fingerprint density at radius 2 is 2.00 bits per heavy atom. The molecule has 1 fully saturated rings. The molecule has 19 heavy (non-hydrogen) atoms. The highest BCUT2D eigenvalue weighted by Gasteiger charge is 2.33. The summed E-state index contributed by atoms with van der Waals surface area (Å²) < 4.78 is 0. The fourth-order valence-corrected chi connectivity index (χ4v) is 3.77. The molecule has 1 aromatic rings. The molecule has 3 heteroatoms. The molecule has 3 atom stereocenters. The molecule has 0 heterocycles. The molecule has 0 amide bonds. The van der Waals surface area contributed by atoms with Crippen molar-refractivity contribution < 1.29 is 0 Å². The first-order valence-electron chi connectivity index (χ1n) is 7.18. The van der Waals surface area contributed by atoms with E-state index < -0.39 is 0 Å². The van der Waals surface area contributed by atoms with E-state index in [0.717, 1.165) is 28.4 Å². The molecule has 0 aliphatic heterocycles. The smallest absolute Gasteiger partial charge is 0.0441 e. The van der Waals surface area contributed by atoms with Gasteiger partial charge in [-0.2, -0.15) is 0 Å². The van der Waals surface area contributed by atoms with E-state index in [0.29, 0.717) is 11.8 Å². The van der Waals surface area contributed by atoms with Crippen molar-refractivity contribution in [3.8, 4) is 0 Å². The molecular weight excluding hydrogens is 277 g/mol. The second kappa shape index (κ2) is 6.47. The van der Waals surface area contributed by atoms with E-state index in [9.17, 15) is 0 Å². The Kier molecular flexibility index (Phi) is 5.16. The lowest BCUT2D eigenvalue weighted by Gasteiger charge is -2.38. The maximum Gasteiger partial charge on any atom is 0.0441 e. The van der Waals surface area contributed by atoms with Crippen molar-refractivity contribution in [1.82, 2.24) is 0 Å². The Labute approximate surface area is 126 Å². The summed E-state index contributed by atoms with van der Waals surface area (Å²) >= 11 is 12.5. The maximum atomic E-state index is 6.38. The minimum Gasteiger partial charge on any atom is -0.330 e. The van der Waals surface area contributed by atoms with Gasteiger partial charge in [-0.15, -0.1) is 0 Å². The van der Waals surface area contributed by atoms with Crippen LogP contribution in [0.15, 0.2) is 18.2 Å². The van der Waals surface area contributed by atoms with Gasteiger partial charge in [0.15, 0.2) is 0 Å². The molecule has 0 radical (unpaired) electrons. The summed E-state index contributed by atoms with van der Waals surface area (Å²) in [7, 11) is 0. The Morgan fingerprint density at radius 1 is 1.26 bits per heavy atom. The van der Waals surface area contributed by atoms with Crippen LogP contribution in [0.1, 0.15) is 44.6 Å². The fraction of sp³-hybridized carbons (Fsp3) is 0.625. The van der Waals surface area contributed by atoms with Gasteiger partial charge in [0.1, 0.15) is 0 Å². The Balaban J connectivity index is 2.29. The molecule has 3 unspecified atom stereocenters. The SMILES string of the molecule is CC(C)C1CCC(CN)C(c2cc(Cl)ccc2Cl)C1. The van der Waals surface area contributed by atoms with Crippen molar-refractivity contribution in [1.29, 1.82) is 0 Å². The lowest BCUT2D eigenvalue weighted by atomic mass is 9.68. The molecule has 0 aromatic heterocycles. The number of benzene rings is 1. The molecule has 1 saturated carbocycles. The Morgan fingerprint density at radius 3 is 2.63 bits per heavy atom. The van der Waals surface area contributed by atoms with E-state index in [1.165, 1.54) is 24.8 Å². The van der Waals surface area contributed by atoms with Gasteiger partial charge >= 0.3 is 0 Å². The third-order valence-electron chi connectivity index (χ3n) is 4.64. The highest BCUT2D eigenvalue weighted by molar-refractivity contribution is 6.33. The zero-order chi connectivity index (χ0) is 14.0. The summed E-state index contributed by atoms with van der Waals surface area (Å²) in [5.74, 6) is 2.48. The van der Waals surface area contributed by atoms with E-state index in [1.807, 2.05) is 18.2 Å². The molecule has 0 saturated heterocycles. The van der Waals surface area contributed by atoms with Crippen LogP contribution in [0.3, 0.4) is 0 Å². The minimum atomic E-state index is 0.456. The van der Waals surface area contributed by atoms with Gasteiger partial charge in [-0.3, -0.25) is 0 Å². The normalized spacial score (nSPS) is 27.8. The molecule has 2 rings (SSSR count). The topological polar surface area (TPSA) is 26.0 Å². The van der Waals surface area contributed by atoms with Crippen LogP contribution in [-0.2, 0) is 0 Å². The van der Waals surface area contributed by atoms with Crippen LogP contribution >= 0.6 is 23.2 Å². The summed E-state index contributed by atoms with van der Waals surface area (Å²) in [6, 6.07) is 5.79. The fourth-order valence-electron chi connectivity index (χ4n) is 3.33. The number of rotatable bonds is 3. The quantitative estimate of drug-likeness (QED) is 0.825. The number of nitrogens with two attached hydrogens (primary N) is 1. The first kappa shape index (κ1) is 15.2. The lowest BCUT2D eigenvalue weighted by Crippen LogP contribution is -2.30. The highest BCUT2D eigenvalue weighted by Crippen LogP contribution is 2.45. The predicted octanol–water partition coefficient (Wildman–Crippen LogP) is 5.11. The van der Waals surface area contributed by atoms with Crippen LogP contribution in [0, 0.1) is 17.8 Å². The van der Waals surface area contributed by atoms with Crippen LogP contribution in [0.4, 0.5) is 0 Å². The van der Waals surface area contributed by atoms with Gasteiger partial charge in [-0.25, -0.2) is 0 Å². The molecule has 1 aliphatic carbocycles. The predicted molar refractivity (Wildman–Crippen MR) is 83.9 cm³/mol. The number of halogens is 2. The Bertz CT molecular complexity index is 431. The van der Waals surface area contributed by atoms with E-state index in [-0.39, 0.29) is 0 Å². The van der Waals surface area contributed by atoms with Crippen LogP contribution in [-0.4, -0.2) is 6.54 Å². The summed E-state index contributed by atoms with van der Waals surface area (Å²) in [6.07, 6.45) is 3.67. The monoisotopic (exact) mass is 299 g/mol. The highest BCUT2D eigenvalue weighted by atomic mass is 35.5. The number of hydrogen-bond acceptors (Lipinski definition) is 1. The van der Waals surface area contributed by atoms with Gasteiger partial charge in [-0.05, 0) is 73.2 Å². The van der Waals surface area contributed by atoms with Gasteiger partial charge in [0, 0.05) is 10.0 Å². The second-order valence-corrected chi connectivity index (χ2v) is 6.93. The molecule has 1 aromatic carbocycles. The van der Waals surface area contributed by atoms with Crippen LogP contribution in [0.25, 0.3) is 0 Å². The van der Waals surface area contributed by atoms with Crippen LogP contribution in [0.5, 0.6) is 0 Å². The van der Waals surface area contributed by atoms with E-state index in [1.54, 1.807) is 0 Å². The molecule has 0 spiro atoms. The molecule has 0 bridgehead atoms. The van der Waals surface area contributed by atoms with Gasteiger partial charge in [0.25, 0.3) is 0 Å². The van der Waals surface area contributed by atoms with Gasteiger partial charge in [0.2, 0.25) is 0 Å². The van der Waals surface area contributed by atoms with E-state index in [4.69, 9.17) is 28.9 Å². The van der Waals surface area contributed by atoms with Crippen molar-refractivity contribution in [2.24, 2.45) is 23.5 Å². The summed E-state index contributed by atoms with van der Waals surface area (Å²) in [5, 5.41) is 1.60. The van der Waals surface area contributed by atoms with Crippen molar-refractivity contribution in [3.05, 3.63) is 33.8 Å². The van der Waals surface area contributed by atoms with E-state index in [2.05, 4.69) is 13.8 Å². The third-order valence-corrected chi connectivity index (χ3v) is 5.22. The standard InChI is InChI=1S/C16H23Cl2N/c1-10(2)11-3-4-12(9-19)14(7-11)15-8-13(17)5-6-16(15)18/h5-6,8,10-12,14H,3-4,7,9,19H2,1-2H3. The molecule has 2 N–H and O–H groups in total. The summed E-state index contributed by atoms with van der Waals surface area (Å²) in [4.78, 5) is 0. The largest absolute Gasteiger partial charge is 0.330 e. The van der Waals surface area contributed by atoms with E-state index >= 15 is 0 Å². The van der Waals surface area contributed by atoms with Crippen molar-refractivity contribution in [3.63, 3.8) is 0 Å². The minimum absolute atomic E-state index is 0.456. The first-order chi connectivity index (χ1) is 9.02. The second-order valence-electron chi connectivity index (χ2n) is 6.09. The molecule has 1 aliphatic rings. The third kappa shape index (κ3) is 3.45. The number of hydrogen-bond donors (Lipinski definition) is 1.